The van der Waals surface area contributed by atoms with Crippen LogP contribution in [0.15, 0.2) is 30.5 Å². The Morgan fingerprint density at radius 2 is 2.29 bits per heavy atom. The van der Waals surface area contributed by atoms with Crippen LogP contribution in [0.25, 0.3) is 10.9 Å². The van der Waals surface area contributed by atoms with Crippen molar-refractivity contribution in [3.05, 3.63) is 35.5 Å². The molecule has 0 spiro atoms. The number of ether oxygens (including phenoxy) is 1. The Balaban J connectivity index is 2.05. The molecule has 0 aliphatic rings. The molecule has 1 aromatic heterocycles. The molecule has 0 unspecified atom stereocenters. The summed E-state index contributed by atoms with van der Waals surface area (Å²) in [4.78, 5) is 12.1. The van der Waals surface area contributed by atoms with Gasteiger partial charge in [0.25, 0.3) is 0 Å². The van der Waals surface area contributed by atoms with Gasteiger partial charge in [0, 0.05) is 30.5 Å². The summed E-state index contributed by atoms with van der Waals surface area (Å²) in [7, 11) is 1.57. The van der Waals surface area contributed by atoms with Gasteiger partial charge in [-0.05, 0) is 30.0 Å². The second-order valence-corrected chi connectivity index (χ2v) is 5.32. The van der Waals surface area contributed by atoms with E-state index in [9.17, 15) is 4.79 Å². The average molecular weight is 311 g/mol. The Bertz CT molecular complexity index is 606. The van der Waals surface area contributed by atoms with Crippen LogP contribution in [0.1, 0.15) is 6.42 Å². The Hall–Kier alpha value is -1.56. The molecule has 2 N–H and O–H groups in total. The first-order valence-corrected chi connectivity index (χ1v) is 7.15. The van der Waals surface area contributed by atoms with Gasteiger partial charge in [0.1, 0.15) is 6.54 Å². The van der Waals surface area contributed by atoms with E-state index < -0.39 is 0 Å². The van der Waals surface area contributed by atoms with Gasteiger partial charge in [0.15, 0.2) is 0 Å². The van der Waals surface area contributed by atoms with E-state index in [1.54, 1.807) is 7.11 Å². The number of amides is 1. The first-order chi connectivity index (χ1) is 10.1. The summed E-state index contributed by atoms with van der Waals surface area (Å²) in [5.41, 5.74) is 0.920. The molecule has 6 heteroatoms. The van der Waals surface area contributed by atoms with E-state index in [0.29, 0.717) is 18.1 Å². The summed E-state index contributed by atoms with van der Waals surface area (Å²) in [5.74, 6) is -0.122. The lowest BCUT2D eigenvalue weighted by atomic mass is 10.2. The molecule has 1 heterocycles. The Labute approximate surface area is 128 Å². The quantitative estimate of drug-likeness (QED) is 0.820. The number of halogens is 1. The van der Waals surface area contributed by atoms with Crippen molar-refractivity contribution in [1.29, 1.82) is 0 Å². The molecule has 2 aromatic rings. The molecule has 0 saturated carbocycles. The van der Waals surface area contributed by atoms with Crippen molar-refractivity contribution >= 4 is 28.4 Å². The number of benzene rings is 1. The predicted octanol–water partition coefficient (Wildman–Crippen LogP) is 1.81. The second-order valence-electron chi connectivity index (χ2n) is 4.88. The number of aliphatic hydroxyl groups excluding tert-OH is 1. The maximum absolute atomic E-state index is 12.1. The van der Waals surface area contributed by atoms with Gasteiger partial charge in [-0.1, -0.05) is 17.7 Å². The minimum atomic E-state index is -0.182. The van der Waals surface area contributed by atoms with E-state index in [-0.39, 0.29) is 25.1 Å². The van der Waals surface area contributed by atoms with Crippen LogP contribution in [0, 0.1) is 0 Å². The van der Waals surface area contributed by atoms with E-state index in [1.165, 1.54) is 0 Å². The monoisotopic (exact) mass is 310 g/mol. The summed E-state index contributed by atoms with van der Waals surface area (Å²) in [6.07, 6.45) is 2.33. The van der Waals surface area contributed by atoms with Crippen molar-refractivity contribution in [2.24, 2.45) is 0 Å². The highest BCUT2D eigenvalue weighted by Gasteiger charge is 2.13. The number of carbonyl (C=O) groups is 1. The van der Waals surface area contributed by atoms with Gasteiger partial charge in [-0.2, -0.15) is 0 Å². The SMILES string of the molecule is COC[C@H](CCO)NC(=O)Cn1ccc2ccc(Cl)cc21. The van der Waals surface area contributed by atoms with Crippen molar-refractivity contribution in [2.75, 3.05) is 20.3 Å². The van der Waals surface area contributed by atoms with Crippen molar-refractivity contribution in [2.45, 2.75) is 19.0 Å². The average Bonchev–Trinajstić information content (AvgIpc) is 2.82. The highest BCUT2D eigenvalue weighted by Crippen LogP contribution is 2.20. The minimum absolute atomic E-state index is 0.0103. The van der Waals surface area contributed by atoms with Gasteiger partial charge >= 0.3 is 0 Å². The molecule has 0 aliphatic heterocycles. The topological polar surface area (TPSA) is 63.5 Å². The molecule has 1 amide bonds. The highest BCUT2D eigenvalue weighted by molar-refractivity contribution is 6.31. The molecule has 0 aliphatic carbocycles. The van der Waals surface area contributed by atoms with E-state index >= 15 is 0 Å². The molecule has 2 rings (SSSR count). The third-order valence-electron chi connectivity index (χ3n) is 3.26. The first kappa shape index (κ1) is 15.8. The van der Waals surface area contributed by atoms with Crippen LogP contribution in [-0.2, 0) is 16.1 Å². The van der Waals surface area contributed by atoms with Gasteiger partial charge < -0.3 is 19.7 Å². The fourth-order valence-electron chi connectivity index (χ4n) is 2.28. The van der Waals surface area contributed by atoms with Crippen LogP contribution in [0.3, 0.4) is 0 Å². The third-order valence-corrected chi connectivity index (χ3v) is 3.50. The van der Waals surface area contributed by atoms with Crippen molar-refractivity contribution < 1.29 is 14.6 Å². The number of nitrogens with one attached hydrogen (secondary N) is 1. The molecule has 0 fully saturated rings. The van der Waals surface area contributed by atoms with Crippen molar-refractivity contribution in [1.82, 2.24) is 9.88 Å². The second kappa shape index (κ2) is 7.45. The smallest absolute Gasteiger partial charge is 0.240 e. The first-order valence-electron chi connectivity index (χ1n) is 6.77. The fraction of sp³-hybridized carbons (Fsp3) is 0.400. The Kier molecular flexibility index (Phi) is 5.61. The van der Waals surface area contributed by atoms with Crippen LogP contribution in [0.4, 0.5) is 0 Å². The highest BCUT2D eigenvalue weighted by atomic mass is 35.5. The number of aliphatic hydroxyl groups is 1. The lowest BCUT2D eigenvalue weighted by Crippen LogP contribution is -2.40. The summed E-state index contributed by atoms with van der Waals surface area (Å²) < 4.78 is 6.88. The van der Waals surface area contributed by atoms with Crippen molar-refractivity contribution in [3.8, 4) is 0 Å². The molecule has 5 nitrogen and oxygen atoms in total. The van der Waals surface area contributed by atoms with E-state index in [2.05, 4.69) is 5.32 Å². The van der Waals surface area contributed by atoms with E-state index in [4.69, 9.17) is 21.4 Å². The van der Waals surface area contributed by atoms with Crippen LogP contribution < -0.4 is 5.32 Å². The maximum atomic E-state index is 12.1. The zero-order valence-electron chi connectivity index (χ0n) is 11.9. The van der Waals surface area contributed by atoms with Gasteiger partial charge in [-0.3, -0.25) is 4.79 Å². The van der Waals surface area contributed by atoms with Crippen LogP contribution in [-0.4, -0.2) is 41.9 Å². The summed E-state index contributed by atoms with van der Waals surface area (Å²) >= 11 is 5.99. The summed E-state index contributed by atoms with van der Waals surface area (Å²) in [6, 6.07) is 7.34. The lowest BCUT2D eigenvalue weighted by molar-refractivity contribution is -0.122. The number of carbonyl (C=O) groups excluding carboxylic acids is 1. The maximum Gasteiger partial charge on any atom is 0.240 e. The van der Waals surface area contributed by atoms with Gasteiger partial charge in [0.2, 0.25) is 5.91 Å². The minimum Gasteiger partial charge on any atom is -0.396 e. The Morgan fingerprint density at radius 1 is 1.48 bits per heavy atom. The van der Waals surface area contributed by atoms with Crippen LogP contribution in [0.2, 0.25) is 5.02 Å². The van der Waals surface area contributed by atoms with Crippen LogP contribution in [0.5, 0.6) is 0 Å². The molecule has 0 bridgehead atoms. The number of hydrogen-bond donors (Lipinski definition) is 2. The molecule has 0 radical (unpaired) electrons. The standard InChI is InChI=1S/C15H19ClN2O3/c1-21-10-13(5-7-19)17-15(20)9-18-6-4-11-2-3-12(16)8-14(11)18/h2-4,6,8,13,19H,5,7,9-10H2,1H3,(H,17,20)/t13-/m0/s1. The van der Waals surface area contributed by atoms with Gasteiger partial charge in [-0.25, -0.2) is 0 Å². The summed E-state index contributed by atoms with van der Waals surface area (Å²) in [6.45, 7) is 0.594. The number of hydrogen-bond acceptors (Lipinski definition) is 3. The molecular weight excluding hydrogens is 292 g/mol. The molecule has 1 aromatic carbocycles. The fourth-order valence-corrected chi connectivity index (χ4v) is 2.44. The lowest BCUT2D eigenvalue weighted by Gasteiger charge is -2.17. The number of rotatable bonds is 7. The van der Waals surface area contributed by atoms with Gasteiger partial charge in [-0.15, -0.1) is 0 Å². The number of methoxy groups -OCH3 is 1. The molecule has 0 saturated heterocycles. The normalized spacial score (nSPS) is 12.5. The predicted molar refractivity (Wildman–Crippen MR) is 82.5 cm³/mol. The number of fused-ring (bicyclic) bond motifs is 1. The van der Waals surface area contributed by atoms with Gasteiger partial charge in [0.05, 0.1) is 12.6 Å². The Morgan fingerprint density at radius 3 is 3.00 bits per heavy atom. The number of nitrogens with zero attached hydrogens (tertiary/aromatic N) is 1. The third kappa shape index (κ3) is 4.20. The van der Waals surface area contributed by atoms with E-state index in [0.717, 1.165) is 10.9 Å². The van der Waals surface area contributed by atoms with E-state index in [1.807, 2.05) is 35.0 Å². The molecule has 1 atom stereocenters. The molecular formula is C15H19ClN2O3. The zero-order chi connectivity index (χ0) is 15.2. The number of aromatic nitrogens is 1. The zero-order valence-corrected chi connectivity index (χ0v) is 12.6. The summed E-state index contributed by atoms with van der Waals surface area (Å²) in [5, 5.41) is 13.5. The molecule has 21 heavy (non-hydrogen) atoms. The van der Waals surface area contributed by atoms with Crippen molar-refractivity contribution in [3.63, 3.8) is 0 Å². The van der Waals surface area contributed by atoms with Crippen LogP contribution >= 0.6 is 11.6 Å². The largest absolute Gasteiger partial charge is 0.396 e. The molecule has 114 valence electrons.